The van der Waals surface area contributed by atoms with Crippen LogP contribution in [0, 0.1) is 39.5 Å². The number of pyridine rings is 2. The molecule has 0 amide bonds. The molecule has 0 aliphatic heterocycles. The van der Waals surface area contributed by atoms with Gasteiger partial charge in [-0.3, -0.25) is 18.6 Å². The van der Waals surface area contributed by atoms with Crippen LogP contribution in [0.1, 0.15) is 72.2 Å². The highest BCUT2D eigenvalue weighted by molar-refractivity contribution is 9.08. The largest absolute Gasteiger partial charge is 0.392 e. The van der Waals surface area contributed by atoms with Crippen molar-refractivity contribution in [2.24, 2.45) is 11.8 Å². The highest BCUT2D eigenvalue weighted by atomic mass is 79.9. The van der Waals surface area contributed by atoms with Crippen molar-refractivity contribution in [3.63, 3.8) is 0 Å². The monoisotopic (exact) mass is 956 g/mol. The maximum absolute atomic E-state index is 13.5. The molecule has 4 aromatic carbocycles. The Bertz CT molecular complexity index is 2540. The number of benzene rings is 4. The Morgan fingerprint density at radius 1 is 0.540 bits per heavy atom. The standard InChI is InChI=1S/C25H30N2O3S.C19H25NO3S.C6H6BrN/c1-19(2)16-27(25-10-5-20(3)15-21(25)4)31(28,29)24-8-6-22(7-9-24)17-30-18-23-11-13-26-14-12-23;1-14(2)12-20(19-10-5-15(3)11-16(19)4)24(22,23)18-8-6-17(13-21)7-9-18;7-5-6-1-3-8-4-2-6/h5-15,19H,16-18H2,1-4H3;5-11,14,21H,12-13H2,1-4H3;1-4H,5H2. The maximum Gasteiger partial charge on any atom is 0.264 e. The molecule has 0 fully saturated rings. The van der Waals surface area contributed by atoms with Gasteiger partial charge in [-0.25, -0.2) is 16.8 Å². The fraction of sp³-hybridized carbons (Fsp3) is 0.320. The molecule has 1 N–H and O–H groups in total. The van der Waals surface area contributed by atoms with Crippen molar-refractivity contribution in [1.82, 2.24) is 9.97 Å². The minimum absolute atomic E-state index is 0.104. The number of aliphatic hydroxyl groups is 1. The fourth-order valence-corrected chi connectivity index (χ4v) is 10.3. The van der Waals surface area contributed by atoms with Crippen LogP contribution < -0.4 is 8.61 Å². The van der Waals surface area contributed by atoms with Crippen LogP contribution in [0.25, 0.3) is 0 Å². The summed E-state index contributed by atoms with van der Waals surface area (Å²) in [6.45, 7) is 17.6. The topological polar surface area (TPSA) is 130 Å². The lowest BCUT2D eigenvalue weighted by molar-refractivity contribution is 0.107. The Balaban J connectivity index is 0.000000240. The van der Waals surface area contributed by atoms with Gasteiger partial charge in [-0.2, -0.15) is 0 Å². The van der Waals surface area contributed by atoms with Gasteiger partial charge in [0.25, 0.3) is 20.0 Å². The minimum atomic E-state index is -3.68. The van der Waals surface area contributed by atoms with Gasteiger partial charge in [0, 0.05) is 43.2 Å². The second kappa shape index (κ2) is 24.2. The molecule has 0 radical (unpaired) electrons. The van der Waals surface area contributed by atoms with E-state index in [-0.39, 0.29) is 28.2 Å². The van der Waals surface area contributed by atoms with Crippen molar-refractivity contribution < 1.29 is 26.7 Å². The Morgan fingerprint density at radius 2 is 0.905 bits per heavy atom. The van der Waals surface area contributed by atoms with Crippen LogP contribution in [0.15, 0.2) is 144 Å². The van der Waals surface area contributed by atoms with E-state index in [1.54, 1.807) is 61.2 Å². The Kier molecular flexibility index (Phi) is 19.5. The Labute approximate surface area is 384 Å². The molecular weight excluding hydrogens is 897 g/mol. The van der Waals surface area contributed by atoms with Crippen molar-refractivity contribution in [3.05, 3.63) is 178 Å². The van der Waals surface area contributed by atoms with Gasteiger partial charge < -0.3 is 9.84 Å². The number of alkyl halides is 1. The fourth-order valence-electron chi connectivity index (χ4n) is 6.50. The summed E-state index contributed by atoms with van der Waals surface area (Å²) in [6, 6.07) is 32.8. The molecular formula is C50H61BrN4O6S2. The first-order valence-corrected chi connectivity index (χ1v) is 24.9. The molecule has 0 saturated carbocycles. The SMILES string of the molecule is BrCc1ccncc1.Cc1ccc(N(CC(C)C)S(=O)(=O)c2ccc(CO)cc2)c(C)c1.Cc1ccc(N(CC(C)C)S(=O)(=O)c2ccc(COCc3ccncc3)cc2)c(C)c1. The van der Waals surface area contributed by atoms with E-state index in [1.807, 2.05) is 128 Å². The van der Waals surface area contributed by atoms with Crippen LogP contribution in [0.5, 0.6) is 0 Å². The molecule has 6 rings (SSSR count). The van der Waals surface area contributed by atoms with Crippen molar-refractivity contribution in [1.29, 1.82) is 0 Å². The van der Waals surface area contributed by atoms with Crippen molar-refractivity contribution >= 4 is 47.4 Å². The average molecular weight is 958 g/mol. The lowest BCUT2D eigenvalue weighted by atomic mass is 10.1. The first kappa shape index (κ1) is 50.7. The summed E-state index contributed by atoms with van der Waals surface area (Å²) in [5, 5.41) is 10.1. The lowest BCUT2D eigenvalue weighted by Gasteiger charge is -2.28. The number of anilines is 2. The van der Waals surface area contributed by atoms with Gasteiger partial charge in [-0.05, 0) is 134 Å². The van der Waals surface area contributed by atoms with Gasteiger partial charge in [0.1, 0.15) is 0 Å². The molecule has 0 bridgehead atoms. The Hall–Kier alpha value is -4.92. The highest BCUT2D eigenvalue weighted by Crippen LogP contribution is 2.30. The predicted octanol–water partition coefficient (Wildman–Crippen LogP) is 10.9. The van der Waals surface area contributed by atoms with E-state index in [2.05, 4.69) is 25.9 Å². The van der Waals surface area contributed by atoms with E-state index in [0.29, 0.717) is 37.6 Å². The first-order chi connectivity index (χ1) is 30.0. The molecule has 0 aliphatic rings. The predicted molar refractivity (Wildman–Crippen MR) is 259 cm³/mol. The van der Waals surface area contributed by atoms with E-state index < -0.39 is 20.0 Å². The summed E-state index contributed by atoms with van der Waals surface area (Å²) in [5.74, 6) is 0.383. The second-order valence-corrected chi connectivity index (χ2v) is 20.5. The first-order valence-electron chi connectivity index (χ1n) is 20.9. The van der Waals surface area contributed by atoms with Crippen molar-refractivity contribution in [2.45, 2.75) is 90.3 Å². The van der Waals surface area contributed by atoms with Crippen molar-refractivity contribution in [3.8, 4) is 0 Å². The molecule has 0 spiro atoms. The number of nitrogens with zero attached hydrogens (tertiary/aromatic N) is 4. The maximum atomic E-state index is 13.5. The number of aliphatic hydroxyl groups excluding tert-OH is 1. The number of aromatic nitrogens is 2. The summed E-state index contributed by atoms with van der Waals surface area (Å²) in [5.41, 5.74) is 9.46. The zero-order valence-corrected chi connectivity index (χ0v) is 40.8. The second-order valence-electron chi connectivity index (χ2n) is 16.2. The van der Waals surface area contributed by atoms with E-state index in [4.69, 9.17) is 9.84 Å². The van der Waals surface area contributed by atoms with Gasteiger partial charge >= 0.3 is 0 Å². The lowest BCUT2D eigenvalue weighted by Crippen LogP contribution is -2.34. The summed E-state index contributed by atoms with van der Waals surface area (Å²) in [4.78, 5) is 8.38. The highest BCUT2D eigenvalue weighted by Gasteiger charge is 2.28. The van der Waals surface area contributed by atoms with Crippen LogP contribution in [-0.2, 0) is 49.9 Å². The van der Waals surface area contributed by atoms with Crippen LogP contribution in [0.3, 0.4) is 0 Å². The number of hydrogen-bond acceptors (Lipinski definition) is 8. The molecule has 0 atom stereocenters. The molecule has 2 aromatic heterocycles. The molecule has 63 heavy (non-hydrogen) atoms. The zero-order valence-electron chi connectivity index (χ0n) is 37.6. The van der Waals surface area contributed by atoms with Gasteiger partial charge in [-0.15, -0.1) is 0 Å². The summed E-state index contributed by atoms with van der Waals surface area (Å²) in [6.07, 6.45) is 7.04. The molecule has 13 heteroatoms. The number of ether oxygens (including phenoxy) is 1. The molecule has 2 heterocycles. The third-order valence-corrected chi connectivity index (χ3v) is 13.9. The van der Waals surface area contributed by atoms with Crippen LogP contribution in [0.2, 0.25) is 0 Å². The number of rotatable bonds is 16. The summed E-state index contributed by atoms with van der Waals surface area (Å²) < 4.78 is 62.1. The van der Waals surface area contributed by atoms with Crippen LogP contribution >= 0.6 is 15.9 Å². The minimum Gasteiger partial charge on any atom is -0.392 e. The van der Waals surface area contributed by atoms with Crippen molar-refractivity contribution in [2.75, 3.05) is 21.7 Å². The molecule has 336 valence electrons. The van der Waals surface area contributed by atoms with E-state index in [0.717, 1.165) is 44.4 Å². The molecule has 10 nitrogen and oxygen atoms in total. The molecule has 0 saturated heterocycles. The number of halogens is 1. The van der Waals surface area contributed by atoms with Crippen LogP contribution in [0.4, 0.5) is 11.4 Å². The number of hydrogen-bond donors (Lipinski definition) is 1. The number of sulfonamides is 2. The van der Waals surface area contributed by atoms with E-state index >= 15 is 0 Å². The van der Waals surface area contributed by atoms with E-state index in [9.17, 15) is 16.8 Å². The molecule has 6 aromatic rings. The van der Waals surface area contributed by atoms with Gasteiger partial charge in [-0.1, -0.05) is 103 Å². The Morgan fingerprint density at radius 3 is 1.24 bits per heavy atom. The summed E-state index contributed by atoms with van der Waals surface area (Å²) >= 11 is 3.33. The van der Waals surface area contributed by atoms with Gasteiger partial charge in [0.2, 0.25) is 0 Å². The van der Waals surface area contributed by atoms with Gasteiger partial charge in [0.05, 0.1) is 41.0 Å². The third-order valence-electron chi connectivity index (χ3n) is 9.70. The smallest absolute Gasteiger partial charge is 0.264 e. The average Bonchev–Trinajstić information content (AvgIpc) is 3.26. The number of aryl methyl sites for hydroxylation is 4. The molecule has 0 aliphatic carbocycles. The third kappa shape index (κ3) is 15.1. The van der Waals surface area contributed by atoms with Crippen LogP contribution in [-0.4, -0.2) is 45.0 Å². The molecule has 0 unspecified atom stereocenters. The zero-order chi connectivity index (χ0) is 46.2. The summed E-state index contributed by atoms with van der Waals surface area (Å²) in [7, 11) is -7.34. The normalized spacial score (nSPS) is 11.4. The quantitative estimate of drug-likeness (QED) is 0.0950. The van der Waals surface area contributed by atoms with Gasteiger partial charge in [0.15, 0.2) is 0 Å². The van der Waals surface area contributed by atoms with E-state index in [1.165, 1.54) is 14.2 Å².